The first-order chi connectivity index (χ1) is 14.0. The van der Waals surface area contributed by atoms with Crippen molar-refractivity contribution < 1.29 is 14.3 Å². The summed E-state index contributed by atoms with van der Waals surface area (Å²) < 4.78 is 16.7. The van der Waals surface area contributed by atoms with E-state index in [0.717, 1.165) is 31.0 Å². The normalized spacial score (nSPS) is 19.1. The molecule has 1 aliphatic carbocycles. The summed E-state index contributed by atoms with van der Waals surface area (Å²) in [6.45, 7) is 1.23. The smallest absolute Gasteiger partial charge is 0.341 e. The second-order valence-electron chi connectivity index (χ2n) is 7.67. The molecule has 3 aromatic heterocycles. The number of rotatable bonds is 4. The average molecular weight is 394 g/mol. The van der Waals surface area contributed by atoms with Gasteiger partial charge in [0, 0.05) is 43.1 Å². The fourth-order valence-corrected chi connectivity index (χ4v) is 4.05. The number of nitrogens with zero attached hydrogens (tertiary/aromatic N) is 4. The Bertz CT molecular complexity index is 1170. The van der Waals surface area contributed by atoms with E-state index in [9.17, 15) is 19.1 Å². The quantitative estimate of drug-likeness (QED) is 0.732. The Morgan fingerprint density at radius 1 is 1.24 bits per heavy atom. The maximum Gasteiger partial charge on any atom is 0.341 e. The van der Waals surface area contributed by atoms with Crippen molar-refractivity contribution in [1.29, 1.82) is 0 Å². The highest BCUT2D eigenvalue weighted by molar-refractivity contribution is 5.92. The minimum atomic E-state index is -1.31. The average Bonchev–Trinajstić information content (AvgIpc) is 3.44. The third-order valence-corrected chi connectivity index (χ3v) is 5.70. The van der Waals surface area contributed by atoms with Crippen LogP contribution in [0.3, 0.4) is 0 Å². The van der Waals surface area contributed by atoms with Gasteiger partial charge in [0.05, 0.1) is 5.39 Å². The van der Waals surface area contributed by atoms with Crippen molar-refractivity contribution in [3.63, 3.8) is 0 Å². The van der Waals surface area contributed by atoms with Gasteiger partial charge in [0.1, 0.15) is 11.2 Å². The van der Waals surface area contributed by atoms with Crippen LogP contribution in [0.15, 0.2) is 41.5 Å². The molecule has 0 amide bonds. The van der Waals surface area contributed by atoms with Crippen molar-refractivity contribution in [3.8, 4) is 0 Å². The Balaban J connectivity index is 1.58. The number of fused-ring (bicyclic) bond motifs is 1. The summed E-state index contributed by atoms with van der Waals surface area (Å²) in [6, 6.07) is 7.01. The van der Waals surface area contributed by atoms with Gasteiger partial charge in [0.25, 0.3) is 0 Å². The van der Waals surface area contributed by atoms with Gasteiger partial charge in [-0.25, -0.2) is 14.2 Å². The lowest BCUT2D eigenvalue weighted by Crippen LogP contribution is -2.24. The highest BCUT2D eigenvalue weighted by Gasteiger charge is 2.31. The van der Waals surface area contributed by atoms with Gasteiger partial charge in [-0.15, -0.1) is 0 Å². The predicted molar refractivity (Wildman–Crippen MR) is 105 cm³/mol. The maximum absolute atomic E-state index is 14.9. The Morgan fingerprint density at radius 3 is 2.76 bits per heavy atom. The minimum Gasteiger partial charge on any atom is -0.477 e. The Morgan fingerprint density at radius 2 is 2.07 bits per heavy atom. The monoisotopic (exact) mass is 394 g/mol. The van der Waals surface area contributed by atoms with E-state index in [1.54, 1.807) is 10.8 Å². The molecule has 0 radical (unpaired) electrons. The Labute approximate surface area is 165 Å². The lowest BCUT2D eigenvalue weighted by atomic mass is 10.0. The molecule has 1 saturated carbocycles. The number of pyridine rings is 3. The summed E-state index contributed by atoms with van der Waals surface area (Å²) in [5.74, 6) is -1.53. The lowest BCUT2D eigenvalue weighted by Gasteiger charge is -2.20. The molecular weight excluding hydrogens is 375 g/mol. The SMILES string of the molecule is O=C(O)c1cn(C2CC2)c2nc(N3CCC(c4ccccn4)C3)c(F)cc2c1=O. The Hall–Kier alpha value is -3.29. The van der Waals surface area contributed by atoms with Gasteiger partial charge in [-0.2, -0.15) is 0 Å². The zero-order valence-electron chi connectivity index (χ0n) is 15.6. The largest absolute Gasteiger partial charge is 0.477 e. The van der Waals surface area contributed by atoms with Gasteiger partial charge in [0.15, 0.2) is 11.6 Å². The molecule has 148 valence electrons. The van der Waals surface area contributed by atoms with Gasteiger partial charge < -0.3 is 14.6 Å². The van der Waals surface area contributed by atoms with Gasteiger partial charge >= 0.3 is 5.97 Å². The molecule has 4 heterocycles. The van der Waals surface area contributed by atoms with Crippen LogP contribution in [0, 0.1) is 5.82 Å². The van der Waals surface area contributed by atoms with Crippen LogP contribution in [0.1, 0.15) is 47.3 Å². The van der Waals surface area contributed by atoms with Gasteiger partial charge in [0.2, 0.25) is 5.43 Å². The summed E-state index contributed by atoms with van der Waals surface area (Å²) in [5, 5.41) is 9.36. The highest BCUT2D eigenvalue weighted by atomic mass is 19.1. The highest BCUT2D eigenvalue weighted by Crippen LogP contribution is 2.38. The number of hydrogen-bond acceptors (Lipinski definition) is 5. The van der Waals surface area contributed by atoms with Crippen LogP contribution < -0.4 is 10.3 Å². The van der Waals surface area contributed by atoms with Crippen LogP contribution in [0.5, 0.6) is 0 Å². The number of aromatic nitrogens is 3. The molecule has 1 unspecified atom stereocenters. The fourth-order valence-electron chi connectivity index (χ4n) is 4.05. The number of anilines is 1. The van der Waals surface area contributed by atoms with Crippen LogP contribution in [0.4, 0.5) is 10.2 Å². The molecule has 1 aliphatic heterocycles. The first-order valence-electron chi connectivity index (χ1n) is 9.67. The number of carboxylic acids is 1. The minimum absolute atomic E-state index is 0.0125. The van der Waals surface area contributed by atoms with Crippen LogP contribution in [0.2, 0.25) is 0 Å². The van der Waals surface area contributed by atoms with Gasteiger partial charge in [-0.1, -0.05) is 6.07 Å². The zero-order valence-corrected chi connectivity index (χ0v) is 15.6. The second-order valence-corrected chi connectivity index (χ2v) is 7.67. The summed E-state index contributed by atoms with van der Waals surface area (Å²) in [5.41, 5.74) is 0.266. The van der Waals surface area contributed by atoms with E-state index in [1.165, 1.54) is 6.20 Å². The molecule has 29 heavy (non-hydrogen) atoms. The molecule has 0 aromatic carbocycles. The van der Waals surface area contributed by atoms with E-state index in [4.69, 9.17) is 0 Å². The van der Waals surface area contributed by atoms with E-state index in [1.807, 2.05) is 23.1 Å². The van der Waals surface area contributed by atoms with Crippen molar-refractivity contribution in [2.75, 3.05) is 18.0 Å². The van der Waals surface area contributed by atoms with E-state index in [0.29, 0.717) is 18.7 Å². The standard InChI is InChI=1S/C21H19FN4O3/c22-16-9-14-18(27)15(21(28)29)11-26(13-4-5-13)19(14)24-20(16)25-8-6-12(10-25)17-3-1-2-7-23-17/h1-3,7,9,11-13H,4-6,8,10H2,(H,28,29). The third kappa shape index (κ3) is 3.04. The van der Waals surface area contributed by atoms with E-state index >= 15 is 0 Å². The first kappa shape index (κ1) is 17.8. The first-order valence-corrected chi connectivity index (χ1v) is 9.67. The molecule has 1 saturated heterocycles. The van der Waals surface area contributed by atoms with Crippen LogP contribution >= 0.6 is 0 Å². The summed E-state index contributed by atoms with van der Waals surface area (Å²) in [4.78, 5) is 34.8. The lowest BCUT2D eigenvalue weighted by molar-refractivity contribution is 0.0695. The van der Waals surface area contributed by atoms with Crippen molar-refractivity contribution in [2.24, 2.45) is 0 Å². The van der Waals surface area contributed by atoms with E-state index < -0.39 is 17.2 Å². The molecule has 1 atom stereocenters. The molecule has 7 nitrogen and oxygen atoms in total. The van der Waals surface area contributed by atoms with E-state index in [2.05, 4.69) is 9.97 Å². The predicted octanol–water partition coefficient (Wildman–Crippen LogP) is 2.96. The zero-order chi connectivity index (χ0) is 20.1. The number of hydrogen-bond donors (Lipinski definition) is 1. The number of carbonyl (C=O) groups is 1. The van der Waals surface area contributed by atoms with Crippen molar-refractivity contribution in [1.82, 2.24) is 14.5 Å². The number of halogens is 1. The molecule has 2 fully saturated rings. The molecule has 5 rings (SSSR count). The molecule has 0 spiro atoms. The molecule has 2 aliphatic rings. The fraction of sp³-hybridized carbons (Fsp3) is 0.333. The number of aromatic carboxylic acids is 1. The van der Waals surface area contributed by atoms with Crippen LogP contribution in [-0.4, -0.2) is 38.7 Å². The molecule has 3 aromatic rings. The summed E-state index contributed by atoms with van der Waals surface area (Å²) in [6.07, 6.45) is 5.71. The summed E-state index contributed by atoms with van der Waals surface area (Å²) in [7, 11) is 0. The topological polar surface area (TPSA) is 88.3 Å². The van der Waals surface area contributed by atoms with Crippen LogP contribution in [-0.2, 0) is 0 Å². The maximum atomic E-state index is 14.9. The molecule has 0 bridgehead atoms. The molecule has 8 heteroatoms. The van der Waals surface area contributed by atoms with Gasteiger partial charge in [-0.3, -0.25) is 9.78 Å². The third-order valence-electron chi connectivity index (χ3n) is 5.70. The van der Waals surface area contributed by atoms with E-state index in [-0.39, 0.29) is 28.7 Å². The molecule has 1 N–H and O–H groups in total. The summed E-state index contributed by atoms with van der Waals surface area (Å²) >= 11 is 0. The van der Waals surface area contributed by atoms with Crippen molar-refractivity contribution >= 4 is 22.8 Å². The van der Waals surface area contributed by atoms with Crippen LogP contribution in [0.25, 0.3) is 11.0 Å². The Kier molecular flexibility index (Phi) is 4.08. The second kappa shape index (κ2) is 6.65. The van der Waals surface area contributed by atoms with Crippen molar-refractivity contribution in [3.05, 3.63) is 64.0 Å². The van der Waals surface area contributed by atoms with Crippen molar-refractivity contribution in [2.45, 2.75) is 31.2 Å². The van der Waals surface area contributed by atoms with Gasteiger partial charge in [-0.05, 0) is 37.5 Å². The number of carboxylic acid groups (broad SMARTS) is 1. The molecular formula is C21H19FN4O3.